The van der Waals surface area contributed by atoms with E-state index in [1.54, 1.807) is 19.2 Å². The zero-order valence-electron chi connectivity index (χ0n) is 13.3. The molecule has 0 fully saturated rings. The molecule has 25 heavy (non-hydrogen) atoms. The molecule has 124 valence electrons. The first-order valence-corrected chi connectivity index (χ1v) is 8.44. The number of hydrogen-bond acceptors (Lipinski definition) is 4. The number of nitrogens with zero attached hydrogens (tertiary/aromatic N) is 2. The van der Waals surface area contributed by atoms with E-state index >= 15 is 0 Å². The van der Waals surface area contributed by atoms with Crippen molar-refractivity contribution >= 4 is 22.8 Å². The van der Waals surface area contributed by atoms with Crippen LogP contribution >= 0.6 is 11.3 Å². The summed E-state index contributed by atoms with van der Waals surface area (Å²) < 4.78 is 7.29. The number of hydrogen-bond donors (Lipinski definition) is 1. The number of methoxy groups -OCH3 is 1. The molecule has 0 aliphatic heterocycles. The van der Waals surface area contributed by atoms with Crippen LogP contribution in [0.2, 0.25) is 0 Å². The third-order valence-corrected chi connectivity index (χ3v) is 5.00. The van der Waals surface area contributed by atoms with E-state index < -0.39 is 5.97 Å². The summed E-state index contributed by atoms with van der Waals surface area (Å²) >= 11 is 1.22. The third kappa shape index (κ3) is 2.66. The normalized spacial score (nSPS) is 10.9. The van der Waals surface area contributed by atoms with Gasteiger partial charge in [0.2, 0.25) is 0 Å². The van der Waals surface area contributed by atoms with E-state index in [0.29, 0.717) is 4.88 Å². The fraction of sp³-hybridized carbons (Fsp3) is 0.0526. The molecule has 6 heteroatoms. The van der Waals surface area contributed by atoms with Crippen molar-refractivity contribution in [1.82, 2.24) is 9.38 Å². The van der Waals surface area contributed by atoms with Crippen LogP contribution in [0.4, 0.5) is 0 Å². The summed E-state index contributed by atoms with van der Waals surface area (Å²) in [6.45, 7) is 0. The van der Waals surface area contributed by atoms with Crippen molar-refractivity contribution in [3.63, 3.8) is 0 Å². The molecule has 1 aromatic carbocycles. The maximum absolute atomic E-state index is 11.2. The largest absolute Gasteiger partial charge is 0.497 e. The van der Waals surface area contributed by atoms with Crippen molar-refractivity contribution < 1.29 is 14.6 Å². The molecular weight excluding hydrogens is 336 g/mol. The van der Waals surface area contributed by atoms with Gasteiger partial charge in [-0.15, -0.1) is 11.3 Å². The highest BCUT2D eigenvalue weighted by Crippen LogP contribution is 2.34. The minimum Gasteiger partial charge on any atom is -0.497 e. The quantitative estimate of drug-likeness (QED) is 0.591. The lowest BCUT2D eigenvalue weighted by atomic mass is 10.1. The van der Waals surface area contributed by atoms with Gasteiger partial charge in [-0.05, 0) is 36.4 Å². The second-order valence-corrected chi connectivity index (χ2v) is 6.52. The van der Waals surface area contributed by atoms with Gasteiger partial charge in [0.25, 0.3) is 0 Å². The number of benzene rings is 1. The number of thiophene rings is 1. The molecule has 4 rings (SSSR count). The van der Waals surface area contributed by atoms with E-state index in [0.717, 1.165) is 33.2 Å². The Balaban J connectivity index is 1.93. The highest BCUT2D eigenvalue weighted by molar-refractivity contribution is 7.17. The van der Waals surface area contributed by atoms with Crippen molar-refractivity contribution in [3.8, 4) is 27.7 Å². The Morgan fingerprint density at radius 2 is 2.04 bits per heavy atom. The van der Waals surface area contributed by atoms with Crippen molar-refractivity contribution in [2.45, 2.75) is 0 Å². The molecule has 4 aromatic rings. The van der Waals surface area contributed by atoms with Crippen molar-refractivity contribution in [2.24, 2.45) is 0 Å². The van der Waals surface area contributed by atoms with Crippen LogP contribution in [0.25, 0.3) is 27.5 Å². The summed E-state index contributed by atoms with van der Waals surface area (Å²) in [5.41, 5.74) is 2.74. The summed E-state index contributed by atoms with van der Waals surface area (Å²) in [6.07, 6.45) is 1.93. The number of carboxylic acids is 1. The summed E-state index contributed by atoms with van der Waals surface area (Å²) in [5.74, 6) is 0.566. The molecule has 0 atom stereocenters. The monoisotopic (exact) mass is 350 g/mol. The van der Waals surface area contributed by atoms with Gasteiger partial charge < -0.3 is 9.84 Å². The number of carbonyl (C=O) groups is 1. The zero-order valence-corrected chi connectivity index (χ0v) is 14.2. The van der Waals surface area contributed by atoms with Gasteiger partial charge in [0.1, 0.15) is 10.6 Å². The Kier molecular flexibility index (Phi) is 3.74. The molecule has 1 N–H and O–H groups in total. The smallest absolute Gasteiger partial charge is 0.345 e. The summed E-state index contributed by atoms with van der Waals surface area (Å²) in [5, 5.41) is 9.17. The van der Waals surface area contributed by atoms with Gasteiger partial charge in [0.15, 0.2) is 5.82 Å². The number of fused-ring (bicyclic) bond motifs is 1. The molecule has 0 unspecified atom stereocenters. The van der Waals surface area contributed by atoms with Crippen LogP contribution in [0.5, 0.6) is 5.75 Å². The standard InChI is InChI=1S/C19H14N2O3S/c1-24-13-6-4-5-12(11-13)17-14-7-2-3-10-21(14)18(20-17)15-8-9-16(25-15)19(22)23/h2-11H,1H3,(H,22,23). The van der Waals surface area contributed by atoms with E-state index in [1.165, 1.54) is 11.3 Å². The first-order chi connectivity index (χ1) is 12.2. The fourth-order valence-electron chi connectivity index (χ4n) is 2.77. The maximum Gasteiger partial charge on any atom is 0.345 e. The number of pyridine rings is 1. The fourth-order valence-corrected chi connectivity index (χ4v) is 3.60. The van der Waals surface area contributed by atoms with Crippen molar-refractivity contribution in [1.29, 1.82) is 0 Å². The van der Waals surface area contributed by atoms with Gasteiger partial charge in [-0.25, -0.2) is 9.78 Å². The molecule has 0 bridgehead atoms. The molecule has 0 aliphatic rings. The van der Waals surface area contributed by atoms with E-state index in [4.69, 9.17) is 14.8 Å². The molecule has 0 amide bonds. The van der Waals surface area contributed by atoms with Gasteiger partial charge in [0.05, 0.1) is 23.2 Å². The van der Waals surface area contributed by atoms with Gasteiger partial charge in [-0.1, -0.05) is 18.2 Å². The average Bonchev–Trinajstić information content (AvgIpc) is 3.26. The van der Waals surface area contributed by atoms with Crippen LogP contribution in [0.1, 0.15) is 9.67 Å². The molecular formula is C19H14N2O3S. The SMILES string of the molecule is COc1cccc(-c2nc(-c3ccc(C(=O)O)s3)n3ccccc23)c1. The third-order valence-electron chi connectivity index (χ3n) is 3.93. The Hall–Kier alpha value is -3.12. The number of rotatable bonds is 4. The van der Waals surface area contributed by atoms with Crippen LogP contribution in [0, 0.1) is 0 Å². The van der Waals surface area contributed by atoms with E-state index in [9.17, 15) is 4.79 Å². The Morgan fingerprint density at radius 1 is 1.16 bits per heavy atom. The van der Waals surface area contributed by atoms with E-state index in [1.807, 2.05) is 53.1 Å². The molecule has 0 saturated carbocycles. The van der Waals surface area contributed by atoms with E-state index in [2.05, 4.69) is 0 Å². The van der Waals surface area contributed by atoms with Gasteiger partial charge in [-0.2, -0.15) is 0 Å². The molecule has 0 aliphatic carbocycles. The minimum absolute atomic E-state index is 0.297. The number of carboxylic acid groups (broad SMARTS) is 1. The van der Waals surface area contributed by atoms with Gasteiger partial charge in [0, 0.05) is 11.8 Å². The molecule has 0 spiro atoms. The second kappa shape index (κ2) is 6.07. The number of aromatic carboxylic acids is 1. The number of ether oxygens (including phenoxy) is 1. The molecule has 0 saturated heterocycles. The first-order valence-electron chi connectivity index (χ1n) is 7.62. The predicted octanol–water partition coefficient (Wildman–Crippen LogP) is 4.44. The van der Waals surface area contributed by atoms with Crippen LogP contribution in [0.15, 0.2) is 60.8 Å². The summed E-state index contributed by atoms with van der Waals surface area (Å²) in [6, 6.07) is 17.0. The van der Waals surface area contributed by atoms with Crippen molar-refractivity contribution in [2.75, 3.05) is 7.11 Å². The number of imidazole rings is 1. The summed E-state index contributed by atoms with van der Waals surface area (Å²) in [4.78, 5) is 17.1. The highest BCUT2D eigenvalue weighted by Gasteiger charge is 2.17. The lowest BCUT2D eigenvalue weighted by Gasteiger charge is -2.02. The maximum atomic E-state index is 11.2. The van der Waals surface area contributed by atoms with Gasteiger partial charge >= 0.3 is 5.97 Å². The number of aromatic nitrogens is 2. The minimum atomic E-state index is -0.926. The van der Waals surface area contributed by atoms with Crippen molar-refractivity contribution in [3.05, 3.63) is 65.7 Å². The van der Waals surface area contributed by atoms with Crippen LogP contribution in [-0.4, -0.2) is 27.6 Å². The predicted molar refractivity (Wildman–Crippen MR) is 97.5 cm³/mol. The summed E-state index contributed by atoms with van der Waals surface area (Å²) in [7, 11) is 1.63. The average molecular weight is 350 g/mol. The molecule has 0 radical (unpaired) electrons. The molecule has 3 aromatic heterocycles. The molecule has 5 nitrogen and oxygen atoms in total. The van der Waals surface area contributed by atoms with Crippen LogP contribution < -0.4 is 4.74 Å². The lowest BCUT2D eigenvalue weighted by molar-refractivity contribution is 0.0702. The van der Waals surface area contributed by atoms with Crippen LogP contribution in [-0.2, 0) is 0 Å². The van der Waals surface area contributed by atoms with Crippen LogP contribution in [0.3, 0.4) is 0 Å². The first kappa shape index (κ1) is 15.4. The topological polar surface area (TPSA) is 63.8 Å². The van der Waals surface area contributed by atoms with Gasteiger partial charge in [-0.3, -0.25) is 4.40 Å². The second-order valence-electron chi connectivity index (χ2n) is 5.44. The molecule has 3 heterocycles. The Morgan fingerprint density at radius 3 is 2.80 bits per heavy atom. The lowest BCUT2D eigenvalue weighted by Crippen LogP contribution is -1.89. The Labute approximate surface area is 147 Å². The highest BCUT2D eigenvalue weighted by atomic mass is 32.1. The zero-order chi connectivity index (χ0) is 17.4. The van der Waals surface area contributed by atoms with E-state index in [-0.39, 0.29) is 0 Å². The Bertz CT molecular complexity index is 1080.